The minimum absolute atomic E-state index is 0.520. The van der Waals surface area contributed by atoms with E-state index < -0.39 is 0 Å². The van der Waals surface area contributed by atoms with Crippen molar-refractivity contribution in [3.05, 3.63) is 5.82 Å². The second-order valence-corrected chi connectivity index (χ2v) is 5.03. The van der Waals surface area contributed by atoms with Crippen molar-refractivity contribution in [3.8, 4) is 0 Å². The average molecular weight is 228 g/mol. The summed E-state index contributed by atoms with van der Waals surface area (Å²) in [7, 11) is 4.01. The van der Waals surface area contributed by atoms with Gasteiger partial charge in [-0.25, -0.2) is 0 Å². The van der Waals surface area contributed by atoms with Crippen LogP contribution in [0, 0.1) is 12.8 Å². The Morgan fingerprint density at radius 2 is 2.07 bits per heavy atom. The van der Waals surface area contributed by atoms with Gasteiger partial charge in [0.05, 0.1) is 0 Å². The predicted octanol–water partition coefficient (Wildman–Crippen LogP) is 1.46. The van der Waals surface area contributed by atoms with E-state index in [1.54, 1.807) is 11.8 Å². The van der Waals surface area contributed by atoms with E-state index in [0.29, 0.717) is 12.0 Å². The van der Waals surface area contributed by atoms with Crippen LogP contribution in [-0.2, 0) is 7.05 Å². The normalized spacial score (nSPS) is 13.5. The van der Waals surface area contributed by atoms with E-state index in [-0.39, 0.29) is 0 Å². The molecule has 0 amide bonds. The van der Waals surface area contributed by atoms with Crippen LogP contribution in [0.15, 0.2) is 5.16 Å². The van der Waals surface area contributed by atoms with Crippen LogP contribution in [0.2, 0.25) is 0 Å². The fourth-order valence-electron chi connectivity index (χ4n) is 1.29. The van der Waals surface area contributed by atoms with Crippen molar-refractivity contribution in [3.63, 3.8) is 0 Å². The highest BCUT2D eigenvalue weighted by molar-refractivity contribution is 7.99. The van der Waals surface area contributed by atoms with Crippen LogP contribution < -0.4 is 5.32 Å². The van der Waals surface area contributed by atoms with Gasteiger partial charge in [0, 0.05) is 18.8 Å². The molecule has 0 saturated heterocycles. The zero-order valence-corrected chi connectivity index (χ0v) is 10.9. The van der Waals surface area contributed by atoms with Gasteiger partial charge in [0.15, 0.2) is 5.16 Å². The first-order valence-electron chi connectivity index (χ1n) is 5.22. The average Bonchev–Trinajstić information content (AvgIpc) is 2.49. The van der Waals surface area contributed by atoms with Crippen molar-refractivity contribution < 1.29 is 0 Å². The molecule has 0 aliphatic heterocycles. The molecule has 1 aromatic rings. The summed E-state index contributed by atoms with van der Waals surface area (Å²) in [5.74, 6) is 2.63. The van der Waals surface area contributed by atoms with Crippen LogP contribution in [0.3, 0.4) is 0 Å². The molecular formula is C10H20N4S. The van der Waals surface area contributed by atoms with Crippen LogP contribution in [0.4, 0.5) is 0 Å². The van der Waals surface area contributed by atoms with E-state index in [2.05, 4.69) is 29.4 Å². The molecule has 86 valence electrons. The smallest absolute Gasteiger partial charge is 0.190 e. The van der Waals surface area contributed by atoms with E-state index in [4.69, 9.17) is 0 Å². The molecule has 0 spiro atoms. The third kappa shape index (κ3) is 3.21. The molecule has 0 aliphatic carbocycles. The van der Waals surface area contributed by atoms with Gasteiger partial charge in [0.2, 0.25) is 0 Å². The fraction of sp³-hybridized carbons (Fsp3) is 0.800. The highest BCUT2D eigenvalue weighted by Crippen LogP contribution is 2.18. The maximum Gasteiger partial charge on any atom is 0.190 e. The number of hydrogen-bond donors (Lipinski definition) is 1. The minimum Gasteiger partial charge on any atom is -0.316 e. The van der Waals surface area contributed by atoms with Crippen molar-refractivity contribution >= 4 is 11.8 Å². The summed E-state index contributed by atoms with van der Waals surface area (Å²) in [6, 6.07) is 0.520. The van der Waals surface area contributed by atoms with Crippen LogP contribution in [-0.4, -0.2) is 33.6 Å². The SMILES string of the molecule is CNC(CSc1nnc(C)n1C)C(C)C. The molecule has 0 aromatic carbocycles. The maximum absolute atomic E-state index is 4.13. The highest BCUT2D eigenvalue weighted by atomic mass is 32.2. The quantitative estimate of drug-likeness (QED) is 0.775. The standard InChI is InChI=1S/C10H20N4S/c1-7(2)9(11-4)6-15-10-13-12-8(3)14(10)5/h7,9,11H,6H2,1-5H3. The molecule has 1 heterocycles. The summed E-state index contributed by atoms with van der Waals surface area (Å²) in [5, 5.41) is 12.5. The van der Waals surface area contributed by atoms with Crippen molar-refractivity contribution in [2.45, 2.75) is 32.0 Å². The van der Waals surface area contributed by atoms with Gasteiger partial charge in [0.25, 0.3) is 0 Å². The molecule has 1 atom stereocenters. The Labute approximate surface area is 95.9 Å². The Morgan fingerprint density at radius 3 is 2.47 bits per heavy atom. The second kappa shape index (κ2) is 5.51. The first-order chi connectivity index (χ1) is 7.06. The second-order valence-electron chi connectivity index (χ2n) is 4.04. The summed E-state index contributed by atoms with van der Waals surface area (Å²) < 4.78 is 2.03. The van der Waals surface area contributed by atoms with Gasteiger partial charge in [-0.05, 0) is 19.9 Å². The van der Waals surface area contributed by atoms with E-state index in [0.717, 1.165) is 16.7 Å². The highest BCUT2D eigenvalue weighted by Gasteiger charge is 2.13. The lowest BCUT2D eigenvalue weighted by molar-refractivity contribution is 0.465. The lowest BCUT2D eigenvalue weighted by Gasteiger charge is -2.19. The van der Waals surface area contributed by atoms with Gasteiger partial charge in [-0.3, -0.25) is 0 Å². The van der Waals surface area contributed by atoms with Crippen LogP contribution >= 0.6 is 11.8 Å². The molecule has 1 unspecified atom stereocenters. The third-order valence-electron chi connectivity index (χ3n) is 2.62. The molecule has 5 heteroatoms. The topological polar surface area (TPSA) is 42.7 Å². The summed E-state index contributed by atoms with van der Waals surface area (Å²) >= 11 is 1.76. The molecule has 0 fully saturated rings. The first-order valence-corrected chi connectivity index (χ1v) is 6.20. The summed E-state index contributed by atoms with van der Waals surface area (Å²) in [6.45, 7) is 6.42. The molecule has 0 aliphatic rings. The summed E-state index contributed by atoms with van der Waals surface area (Å²) in [6.07, 6.45) is 0. The van der Waals surface area contributed by atoms with Crippen molar-refractivity contribution in [2.75, 3.05) is 12.8 Å². The lowest BCUT2D eigenvalue weighted by Crippen LogP contribution is -2.33. The Bertz CT molecular complexity index is 308. The molecule has 1 aromatic heterocycles. The van der Waals surface area contributed by atoms with E-state index in [9.17, 15) is 0 Å². The van der Waals surface area contributed by atoms with Crippen molar-refractivity contribution in [2.24, 2.45) is 13.0 Å². The number of aryl methyl sites for hydroxylation is 1. The molecule has 4 nitrogen and oxygen atoms in total. The number of nitrogens with one attached hydrogen (secondary N) is 1. The number of thioether (sulfide) groups is 1. The van der Waals surface area contributed by atoms with E-state index in [1.165, 1.54) is 0 Å². The van der Waals surface area contributed by atoms with Crippen molar-refractivity contribution in [1.82, 2.24) is 20.1 Å². The Kier molecular flexibility index (Phi) is 4.60. The third-order valence-corrected chi connectivity index (χ3v) is 3.76. The van der Waals surface area contributed by atoms with Gasteiger partial charge in [-0.1, -0.05) is 25.6 Å². The molecular weight excluding hydrogens is 208 g/mol. The Hall–Kier alpha value is -0.550. The van der Waals surface area contributed by atoms with Crippen LogP contribution in [0.1, 0.15) is 19.7 Å². The lowest BCUT2D eigenvalue weighted by atomic mass is 10.1. The first kappa shape index (κ1) is 12.5. The van der Waals surface area contributed by atoms with Gasteiger partial charge in [-0.2, -0.15) is 0 Å². The van der Waals surface area contributed by atoms with Crippen LogP contribution in [0.5, 0.6) is 0 Å². The molecule has 0 saturated carbocycles. The predicted molar refractivity (Wildman–Crippen MR) is 64.1 cm³/mol. The number of aromatic nitrogens is 3. The largest absolute Gasteiger partial charge is 0.316 e. The fourth-order valence-corrected chi connectivity index (χ4v) is 2.59. The van der Waals surface area contributed by atoms with Gasteiger partial charge >= 0.3 is 0 Å². The molecule has 1 N–H and O–H groups in total. The van der Waals surface area contributed by atoms with Gasteiger partial charge in [-0.15, -0.1) is 10.2 Å². The molecule has 15 heavy (non-hydrogen) atoms. The monoisotopic (exact) mass is 228 g/mol. The number of nitrogens with zero attached hydrogens (tertiary/aromatic N) is 3. The number of rotatable bonds is 5. The summed E-state index contributed by atoms with van der Waals surface area (Å²) in [5.41, 5.74) is 0. The molecule has 0 radical (unpaired) electrons. The molecule has 1 rings (SSSR count). The van der Waals surface area contributed by atoms with Crippen molar-refractivity contribution in [1.29, 1.82) is 0 Å². The zero-order valence-electron chi connectivity index (χ0n) is 10.1. The maximum atomic E-state index is 4.13. The Balaban J connectivity index is 2.53. The van der Waals surface area contributed by atoms with Crippen LogP contribution in [0.25, 0.3) is 0 Å². The Morgan fingerprint density at radius 1 is 1.40 bits per heavy atom. The number of hydrogen-bond acceptors (Lipinski definition) is 4. The van der Waals surface area contributed by atoms with Gasteiger partial charge in [0.1, 0.15) is 5.82 Å². The van der Waals surface area contributed by atoms with E-state index >= 15 is 0 Å². The summed E-state index contributed by atoms with van der Waals surface area (Å²) in [4.78, 5) is 0. The van der Waals surface area contributed by atoms with E-state index in [1.807, 2.05) is 25.6 Å². The molecule has 0 bridgehead atoms. The zero-order chi connectivity index (χ0) is 11.4. The minimum atomic E-state index is 0.520. The van der Waals surface area contributed by atoms with Gasteiger partial charge < -0.3 is 9.88 Å².